The van der Waals surface area contributed by atoms with E-state index in [0.29, 0.717) is 46.2 Å². The second kappa shape index (κ2) is 12.0. The van der Waals surface area contributed by atoms with Crippen LogP contribution in [0.3, 0.4) is 0 Å². The van der Waals surface area contributed by atoms with Gasteiger partial charge in [0.2, 0.25) is 5.91 Å². The summed E-state index contributed by atoms with van der Waals surface area (Å²) >= 11 is 1.27. The van der Waals surface area contributed by atoms with Crippen molar-refractivity contribution in [3.8, 4) is 23.0 Å². The Labute approximate surface area is 203 Å². The minimum atomic E-state index is -0.385. The number of carbonyl (C=O) groups excluding carboxylic acids is 1. The number of nitrogens with zero attached hydrogens (tertiary/aromatic N) is 3. The number of benzene rings is 2. The molecule has 1 heterocycles. The normalized spacial score (nSPS) is 11.4. The molecule has 0 radical (unpaired) electrons. The third-order valence-corrected chi connectivity index (χ3v) is 5.75. The molecular weight excluding hydrogens is 456 g/mol. The van der Waals surface area contributed by atoms with E-state index in [9.17, 15) is 4.79 Å². The van der Waals surface area contributed by atoms with Gasteiger partial charge in [0.1, 0.15) is 23.0 Å². The SMILES string of the molecule is C=CCn1c(SCC(=O)Nc2cc(OC)ccc2OC)nnc1C(C)Oc1cccc(OC)c1. The highest BCUT2D eigenvalue weighted by Crippen LogP contribution is 2.30. The number of anilines is 1. The van der Waals surface area contributed by atoms with Crippen LogP contribution in [0, 0.1) is 0 Å². The average molecular weight is 485 g/mol. The average Bonchev–Trinajstić information content (AvgIpc) is 3.25. The van der Waals surface area contributed by atoms with Crippen LogP contribution in [0.15, 0.2) is 60.3 Å². The minimum Gasteiger partial charge on any atom is -0.497 e. The monoisotopic (exact) mass is 484 g/mol. The van der Waals surface area contributed by atoms with Gasteiger partial charge in [0, 0.05) is 18.7 Å². The lowest BCUT2D eigenvalue weighted by molar-refractivity contribution is -0.113. The first-order valence-electron chi connectivity index (χ1n) is 10.5. The van der Waals surface area contributed by atoms with Crippen molar-refractivity contribution in [2.24, 2.45) is 0 Å². The lowest BCUT2D eigenvalue weighted by Gasteiger charge is -2.16. The van der Waals surface area contributed by atoms with E-state index in [1.807, 2.05) is 29.7 Å². The van der Waals surface area contributed by atoms with E-state index >= 15 is 0 Å². The zero-order chi connectivity index (χ0) is 24.5. The molecule has 0 bridgehead atoms. The van der Waals surface area contributed by atoms with E-state index in [1.165, 1.54) is 11.8 Å². The molecular formula is C24H28N4O5S. The highest BCUT2D eigenvalue weighted by Gasteiger charge is 2.20. The van der Waals surface area contributed by atoms with E-state index < -0.39 is 0 Å². The zero-order valence-corrected chi connectivity index (χ0v) is 20.4. The van der Waals surface area contributed by atoms with E-state index in [0.717, 1.165) is 0 Å². The minimum absolute atomic E-state index is 0.126. The second-order valence-electron chi connectivity index (χ2n) is 7.08. The molecule has 1 aromatic heterocycles. The van der Waals surface area contributed by atoms with Crippen LogP contribution in [0.1, 0.15) is 18.9 Å². The van der Waals surface area contributed by atoms with Crippen molar-refractivity contribution in [2.45, 2.75) is 24.7 Å². The van der Waals surface area contributed by atoms with Crippen LogP contribution < -0.4 is 24.3 Å². The lowest BCUT2D eigenvalue weighted by Crippen LogP contribution is -2.16. The summed E-state index contributed by atoms with van der Waals surface area (Å²) in [7, 11) is 4.71. The number of amides is 1. The molecule has 3 aromatic rings. The Hall–Kier alpha value is -3.66. The van der Waals surface area contributed by atoms with Gasteiger partial charge in [-0.2, -0.15) is 0 Å². The lowest BCUT2D eigenvalue weighted by atomic mass is 10.2. The molecule has 9 nitrogen and oxygen atoms in total. The fourth-order valence-electron chi connectivity index (χ4n) is 3.17. The number of thioether (sulfide) groups is 1. The van der Waals surface area contributed by atoms with Crippen LogP contribution in [0.2, 0.25) is 0 Å². The van der Waals surface area contributed by atoms with Gasteiger partial charge in [0.05, 0.1) is 32.8 Å². The maximum Gasteiger partial charge on any atom is 0.234 e. The van der Waals surface area contributed by atoms with Crippen molar-refractivity contribution < 1.29 is 23.7 Å². The summed E-state index contributed by atoms with van der Waals surface area (Å²) in [5.74, 6) is 3.05. The molecule has 0 aliphatic carbocycles. The number of nitrogens with one attached hydrogen (secondary N) is 1. The van der Waals surface area contributed by atoms with Crippen molar-refractivity contribution in [2.75, 3.05) is 32.4 Å². The summed E-state index contributed by atoms with van der Waals surface area (Å²) in [5.41, 5.74) is 0.529. The Morgan fingerprint density at radius 3 is 2.53 bits per heavy atom. The molecule has 180 valence electrons. The molecule has 0 fully saturated rings. The van der Waals surface area contributed by atoms with Crippen LogP contribution in [-0.2, 0) is 11.3 Å². The first kappa shape index (κ1) is 25.0. The Bertz CT molecular complexity index is 1130. The van der Waals surface area contributed by atoms with Gasteiger partial charge in [-0.15, -0.1) is 16.8 Å². The topological polar surface area (TPSA) is 96.7 Å². The molecule has 1 amide bonds. The molecule has 0 saturated carbocycles. The van der Waals surface area contributed by atoms with Crippen molar-refractivity contribution in [1.82, 2.24) is 14.8 Å². The fourth-order valence-corrected chi connectivity index (χ4v) is 3.92. The first-order chi connectivity index (χ1) is 16.5. The summed E-state index contributed by atoms with van der Waals surface area (Å²) in [6.45, 7) is 6.18. The summed E-state index contributed by atoms with van der Waals surface area (Å²) in [4.78, 5) is 12.6. The maximum absolute atomic E-state index is 12.6. The van der Waals surface area contributed by atoms with Crippen molar-refractivity contribution in [3.63, 3.8) is 0 Å². The van der Waals surface area contributed by atoms with Crippen molar-refractivity contribution >= 4 is 23.4 Å². The molecule has 0 aliphatic rings. The van der Waals surface area contributed by atoms with E-state index in [1.54, 1.807) is 51.7 Å². The van der Waals surface area contributed by atoms with Gasteiger partial charge >= 0.3 is 0 Å². The number of ether oxygens (including phenoxy) is 4. The van der Waals surface area contributed by atoms with Crippen LogP contribution in [0.4, 0.5) is 5.69 Å². The third kappa shape index (κ3) is 6.22. The van der Waals surface area contributed by atoms with Gasteiger partial charge in [-0.3, -0.25) is 9.36 Å². The Kier molecular flexibility index (Phi) is 8.80. The molecule has 0 spiro atoms. The summed E-state index contributed by atoms with van der Waals surface area (Å²) < 4.78 is 23.7. The molecule has 1 unspecified atom stereocenters. The van der Waals surface area contributed by atoms with E-state index in [4.69, 9.17) is 18.9 Å². The van der Waals surface area contributed by atoms with Crippen molar-refractivity contribution in [1.29, 1.82) is 0 Å². The van der Waals surface area contributed by atoms with Gasteiger partial charge in [-0.05, 0) is 31.2 Å². The Balaban J connectivity index is 1.69. The molecule has 2 aromatic carbocycles. The summed E-state index contributed by atoms with van der Waals surface area (Å²) in [5, 5.41) is 12.0. The predicted molar refractivity (Wildman–Crippen MR) is 131 cm³/mol. The highest BCUT2D eigenvalue weighted by atomic mass is 32.2. The maximum atomic E-state index is 12.6. The summed E-state index contributed by atoms with van der Waals surface area (Å²) in [6, 6.07) is 12.6. The van der Waals surface area contributed by atoms with Crippen LogP contribution in [-0.4, -0.2) is 47.8 Å². The number of hydrogen-bond acceptors (Lipinski definition) is 8. The quantitative estimate of drug-likeness (QED) is 0.299. The van der Waals surface area contributed by atoms with Gasteiger partial charge in [0.15, 0.2) is 17.1 Å². The molecule has 34 heavy (non-hydrogen) atoms. The van der Waals surface area contributed by atoms with Crippen LogP contribution >= 0.6 is 11.8 Å². The van der Waals surface area contributed by atoms with E-state index in [2.05, 4.69) is 22.1 Å². The largest absolute Gasteiger partial charge is 0.497 e. The Morgan fingerprint density at radius 2 is 1.82 bits per heavy atom. The molecule has 3 rings (SSSR count). The number of methoxy groups -OCH3 is 3. The number of hydrogen-bond donors (Lipinski definition) is 1. The molecule has 1 atom stereocenters. The Morgan fingerprint density at radius 1 is 1.09 bits per heavy atom. The van der Waals surface area contributed by atoms with Crippen LogP contribution in [0.5, 0.6) is 23.0 Å². The second-order valence-corrected chi connectivity index (χ2v) is 8.02. The number of aromatic nitrogens is 3. The standard InChI is InChI=1S/C24H28N4O5S/c1-6-12-28-23(16(2)33-19-9-7-8-17(13-19)30-3)26-27-24(28)34-15-22(29)25-20-14-18(31-4)10-11-21(20)32-5/h6-11,13-14,16H,1,12,15H2,2-5H3,(H,25,29). The highest BCUT2D eigenvalue weighted by molar-refractivity contribution is 7.99. The van der Waals surface area contributed by atoms with Gasteiger partial charge < -0.3 is 24.3 Å². The van der Waals surface area contributed by atoms with Gasteiger partial charge in [-0.1, -0.05) is 23.9 Å². The number of allylic oxidation sites excluding steroid dienone is 1. The van der Waals surface area contributed by atoms with Gasteiger partial charge in [-0.25, -0.2) is 0 Å². The molecule has 0 aliphatic heterocycles. The van der Waals surface area contributed by atoms with Crippen molar-refractivity contribution in [3.05, 3.63) is 60.9 Å². The fraction of sp³-hybridized carbons (Fsp3) is 0.292. The third-order valence-electron chi connectivity index (χ3n) is 4.79. The number of carbonyl (C=O) groups is 1. The molecule has 1 N–H and O–H groups in total. The van der Waals surface area contributed by atoms with Crippen LogP contribution in [0.25, 0.3) is 0 Å². The number of rotatable bonds is 12. The first-order valence-corrected chi connectivity index (χ1v) is 11.5. The zero-order valence-electron chi connectivity index (χ0n) is 19.6. The van der Waals surface area contributed by atoms with Gasteiger partial charge in [0.25, 0.3) is 0 Å². The summed E-state index contributed by atoms with van der Waals surface area (Å²) in [6.07, 6.45) is 1.36. The smallest absolute Gasteiger partial charge is 0.234 e. The predicted octanol–water partition coefficient (Wildman–Crippen LogP) is 4.36. The molecule has 0 saturated heterocycles. The molecule has 10 heteroatoms. The van der Waals surface area contributed by atoms with E-state index in [-0.39, 0.29) is 17.8 Å².